The van der Waals surface area contributed by atoms with Crippen LogP contribution in [-0.2, 0) is 19.0 Å². The van der Waals surface area contributed by atoms with Crippen molar-refractivity contribution >= 4 is 22.8 Å². The van der Waals surface area contributed by atoms with E-state index < -0.39 is 12.1 Å². The van der Waals surface area contributed by atoms with Gasteiger partial charge in [0.2, 0.25) is 0 Å². The number of carbonyl (C=O) groups excluding carboxylic acids is 2. The quantitative estimate of drug-likeness (QED) is 0.166. The number of esters is 1. The second kappa shape index (κ2) is 15.9. The lowest BCUT2D eigenvalue weighted by molar-refractivity contribution is -0.140. The summed E-state index contributed by atoms with van der Waals surface area (Å²) in [5.41, 5.74) is 0.347. The standard InChI is InChI=1S/C29H33NO8/c1-22(2)28(31)37-19-18-34-17-16-33-15-14-30-29(32)38-27-13-7-10-24-25(27)11-6-12-26(24)36-21-20-35-23-8-4-3-5-9-23/h3-13H,1,14-21H2,2H3,(H,30,32). The lowest BCUT2D eigenvalue weighted by atomic mass is 10.1. The molecule has 0 saturated carbocycles. The minimum absolute atomic E-state index is 0.156. The number of carbonyl (C=O) groups is 2. The fourth-order valence-corrected chi connectivity index (χ4v) is 3.29. The van der Waals surface area contributed by atoms with Crippen LogP contribution in [0.15, 0.2) is 78.9 Å². The maximum absolute atomic E-state index is 12.3. The summed E-state index contributed by atoms with van der Waals surface area (Å²) < 4.78 is 32.8. The summed E-state index contributed by atoms with van der Waals surface area (Å²) in [4.78, 5) is 23.5. The van der Waals surface area contributed by atoms with Crippen molar-refractivity contribution < 1.29 is 38.0 Å². The molecule has 0 fully saturated rings. The second-order valence-corrected chi connectivity index (χ2v) is 8.07. The van der Waals surface area contributed by atoms with Gasteiger partial charge in [0.15, 0.2) is 0 Å². The van der Waals surface area contributed by atoms with Crippen LogP contribution in [0.25, 0.3) is 10.8 Å². The molecule has 9 nitrogen and oxygen atoms in total. The van der Waals surface area contributed by atoms with E-state index in [4.69, 9.17) is 28.4 Å². The van der Waals surface area contributed by atoms with Gasteiger partial charge in [-0.25, -0.2) is 9.59 Å². The molecule has 0 aliphatic carbocycles. The highest BCUT2D eigenvalue weighted by atomic mass is 16.6. The predicted octanol–water partition coefficient (Wildman–Crippen LogP) is 4.54. The van der Waals surface area contributed by atoms with Crippen LogP contribution >= 0.6 is 0 Å². The van der Waals surface area contributed by atoms with Gasteiger partial charge in [0.1, 0.15) is 37.1 Å². The van der Waals surface area contributed by atoms with E-state index in [1.165, 1.54) is 0 Å². The van der Waals surface area contributed by atoms with Gasteiger partial charge in [-0.15, -0.1) is 0 Å². The van der Waals surface area contributed by atoms with Gasteiger partial charge in [-0.05, 0) is 31.2 Å². The maximum atomic E-state index is 12.3. The third kappa shape index (κ3) is 9.76. The number of benzene rings is 3. The molecule has 0 aromatic heterocycles. The second-order valence-electron chi connectivity index (χ2n) is 8.07. The third-order valence-corrected chi connectivity index (χ3v) is 5.09. The lowest BCUT2D eigenvalue weighted by Crippen LogP contribution is -2.30. The van der Waals surface area contributed by atoms with Crippen molar-refractivity contribution in [2.24, 2.45) is 0 Å². The van der Waals surface area contributed by atoms with E-state index in [2.05, 4.69) is 11.9 Å². The number of hydrogen-bond donors (Lipinski definition) is 1. The van der Waals surface area contributed by atoms with Gasteiger partial charge in [0.25, 0.3) is 0 Å². The Bertz CT molecular complexity index is 1180. The molecular weight excluding hydrogens is 490 g/mol. The Hall–Kier alpha value is -4.08. The van der Waals surface area contributed by atoms with Crippen LogP contribution in [0.1, 0.15) is 6.92 Å². The van der Waals surface area contributed by atoms with Gasteiger partial charge in [-0.1, -0.05) is 49.0 Å². The van der Waals surface area contributed by atoms with E-state index in [0.717, 1.165) is 16.5 Å². The van der Waals surface area contributed by atoms with Crippen LogP contribution in [0, 0.1) is 0 Å². The lowest BCUT2D eigenvalue weighted by Gasteiger charge is -2.13. The van der Waals surface area contributed by atoms with Crippen LogP contribution in [0.5, 0.6) is 17.2 Å². The van der Waals surface area contributed by atoms with Crippen LogP contribution in [0.2, 0.25) is 0 Å². The molecule has 0 radical (unpaired) electrons. The molecule has 0 aliphatic heterocycles. The van der Waals surface area contributed by atoms with Crippen molar-refractivity contribution in [3.05, 3.63) is 78.9 Å². The molecule has 9 heteroatoms. The van der Waals surface area contributed by atoms with Gasteiger partial charge in [-0.3, -0.25) is 0 Å². The fourth-order valence-electron chi connectivity index (χ4n) is 3.29. The molecule has 0 spiro atoms. The Balaban J connectivity index is 1.34. The number of rotatable bonds is 16. The molecule has 0 bridgehead atoms. The van der Waals surface area contributed by atoms with E-state index in [9.17, 15) is 9.59 Å². The minimum atomic E-state index is -0.584. The average Bonchev–Trinajstić information content (AvgIpc) is 2.92. The highest BCUT2D eigenvalue weighted by molar-refractivity contribution is 5.94. The molecule has 202 valence electrons. The average molecular weight is 524 g/mol. The first-order valence-electron chi connectivity index (χ1n) is 12.3. The van der Waals surface area contributed by atoms with Crippen molar-refractivity contribution in [2.75, 3.05) is 52.8 Å². The zero-order chi connectivity index (χ0) is 27.0. The SMILES string of the molecule is C=C(C)C(=O)OCCOCCOCCNC(=O)Oc1cccc2c(OCCOc3ccccc3)cccc12. The molecule has 1 N–H and O–H groups in total. The molecular formula is C29H33NO8. The van der Waals surface area contributed by atoms with Gasteiger partial charge < -0.3 is 33.7 Å². The molecule has 0 saturated heterocycles. The number of nitrogens with one attached hydrogen (secondary N) is 1. The first-order valence-corrected chi connectivity index (χ1v) is 12.3. The van der Waals surface area contributed by atoms with Crippen molar-refractivity contribution in [1.29, 1.82) is 0 Å². The molecule has 0 unspecified atom stereocenters. The molecule has 38 heavy (non-hydrogen) atoms. The summed E-state index contributed by atoms with van der Waals surface area (Å²) in [5, 5.41) is 4.25. The smallest absolute Gasteiger partial charge is 0.412 e. The topological polar surface area (TPSA) is 102 Å². The highest BCUT2D eigenvalue weighted by Gasteiger charge is 2.11. The summed E-state index contributed by atoms with van der Waals surface area (Å²) in [7, 11) is 0. The maximum Gasteiger partial charge on any atom is 0.412 e. The van der Waals surface area contributed by atoms with E-state index in [0.29, 0.717) is 50.1 Å². The Morgan fingerprint density at radius 2 is 1.34 bits per heavy atom. The van der Waals surface area contributed by atoms with Crippen LogP contribution in [0.4, 0.5) is 4.79 Å². The van der Waals surface area contributed by atoms with Crippen LogP contribution in [0.3, 0.4) is 0 Å². The van der Waals surface area contributed by atoms with Gasteiger partial charge in [0.05, 0.1) is 26.4 Å². The summed E-state index contributed by atoms with van der Waals surface area (Å²) in [6, 6.07) is 20.6. The van der Waals surface area contributed by atoms with Gasteiger partial charge >= 0.3 is 12.1 Å². The Kier molecular flexibility index (Phi) is 11.9. The normalized spacial score (nSPS) is 10.6. The summed E-state index contributed by atoms with van der Waals surface area (Å²) in [6.45, 7) is 7.53. The summed E-state index contributed by atoms with van der Waals surface area (Å²) >= 11 is 0. The Morgan fingerprint density at radius 3 is 2.08 bits per heavy atom. The van der Waals surface area contributed by atoms with E-state index in [1.807, 2.05) is 54.6 Å². The molecule has 0 aliphatic rings. The van der Waals surface area contributed by atoms with Gasteiger partial charge in [0, 0.05) is 22.9 Å². The van der Waals surface area contributed by atoms with Crippen LogP contribution < -0.4 is 19.5 Å². The number of hydrogen-bond acceptors (Lipinski definition) is 8. The van der Waals surface area contributed by atoms with Crippen molar-refractivity contribution in [1.82, 2.24) is 5.32 Å². The number of ether oxygens (including phenoxy) is 6. The van der Waals surface area contributed by atoms with E-state index in [1.54, 1.807) is 19.1 Å². The highest BCUT2D eigenvalue weighted by Crippen LogP contribution is 2.32. The Morgan fingerprint density at radius 1 is 0.711 bits per heavy atom. The fraction of sp³-hybridized carbons (Fsp3) is 0.310. The summed E-state index contributed by atoms with van der Waals surface area (Å²) in [5.74, 6) is 1.44. The molecule has 3 rings (SSSR count). The number of fused-ring (bicyclic) bond motifs is 1. The molecule has 3 aromatic rings. The van der Waals surface area contributed by atoms with Gasteiger partial charge in [-0.2, -0.15) is 0 Å². The molecule has 0 atom stereocenters. The Labute approximate surface area is 222 Å². The molecule has 1 amide bonds. The largest absolute Gasteiger partial charge is 0.490 e. The number of amides is 1. The zero-order valence-corrected chi connectivity index (χ0v) is 21.5. The first-order chi connectivity index (χ1) is 18.5. The predicted molar refractivity (Wildman–Crippen MR) is 143 cm³/mol. The van der Waals surface area contributed by atoms with E-state index >= 15 is 0 Å². The van der Waals surface area contributed by atoms with Crippen molar-refractivity contribution in [3.63, 3.8) is 0 Å². The van der Waals surface area contributed by atoms with Crippen molar-refractivity contribution in [2.45, 2.75) is 6.92 Å². The molecule has 0 heterocycles. The number of para-hydroxylation sites is 1. The minimum Gasteiger partial charge on any atom is -0.490 e. The monoisotopic (exact) mass is 523 g/mol. The summed E-state index contributed by atoms with van der Waals surface area (Å²) in [6.07, 6.45) is -0.584. The molecule has 3 aromatic carbocycles. The van der Waals surface area contributed by atoms with Crippen LogP contribution in [-0.4, -0.2) is 64.9 Å². The zero-order valence-electron chi connectivity index (χ0n) is 21.5. The third-order valence-electron chi connectivity index (χ3n) is 5.09. The first kappa shape index (κ1) is 28.5. The van der Waals surface area contributed by atoms with Crippen molar-refractivity contribution in [3.8, 4) is 17.2 Å². The van der Waals surface area contributed by atoms with E-state index in [-0.39, 0.29) is 19.8 Å².